The van der Waals surface area contributed by atoms with E-state index < -0.39 is 0 Å². The third-order valence-electron chi connectivity index (χ3n) is 6.33. The summed E-state index contributed by atoms with van der Waals surface area (Å²) in [5.74, 6) is 2.92. The number of hydrogen-bond donors (Lipinski definition) is 0. The molecule has 4 aliphatic rings. The minimum absolute atomic E-state index is 0.555. The lowest BCUT2D eigenvalue weighted by atomic mass is 9.49. The Kier molecular flexibility index (Phi) is 3.48. The molecule has 3 heteroatoms. The predicted octanol–water partition coefficient (Wildman–Crippen LogP) is 3.20. The van der Waals surface area contributed by atoms with Gasteiger partial charge in [0, 0.05) is 38.9 Å². The Balaban J connectivity index is 1.34. The first-order valence-corrected chi connectivity index (χ1v) is 8.72. The highest BCUT2D eigenvalue weighted by molar-refractivity contribution is 5.38. The third-order valence-corrected chi connectivity index (χ3v) is 6.33. The zero-order chi connectivity index (χ0) is 15.2. The van der Waals surface area contributed by atoms with Gasteiger partial charge >= 0.3 is 0 Å². The maximum atomic E-state index is 4.48. The van der Waals surface area contributed by atoms with Gasteiger partial charge in [-0.1, -0.05) is 31.6 Å². The van der Waals surface area contributed by atoms with Crippen molar-refractivity contribution in [2.24, 2.45) is 17.3 Å². The molecule has 2 heterocycles. The van der Waals surface area contributed by atoms with Gasteiger partial charge in [-0.25, -0.2) is 4.98 Å². The molecule has 2 bridgehead atoms. The Hall–Kier alpha value is -1.35. The number of allylic oxidation sites excluding steroid dienone is 1. The van der Waals surface area contributed by atoms with Crippen LogP contribution in [0.1, 0.15) is 26.7 Å². The average molecular weight is 297 g/mol. The smallest absolute Gasteiger partial charge is 0.128 e. The van der Waals surface area contributed by atoms with Gasteiger partial charge in [0.2, 0.25) is 0 Å². The summed E-state index contributed by atoms with van der Waals surface area (Å²) in [6, 6.07) is 6.19. The number of nitrogens with zero attached hydrogens (tertiary/aromatic N) is 3. The summed E-state index contributed by atoms with van der Waals surface area (Å²) in [5.41, 5.74) is 2.28. The lowest BCUT2D eigenvalue weighted by Gasteiger charge is -2.57. The van der Waals surface area contributed by atoms with E-state index in [1.54, 1.807) is 5.57 Å². The Bertz CT molecular complexity index is 555. The van der Waals surface area contributed by atoms with Gasteiger partial charge in [-0.05, 0) is 42.2 Å². The minimum atomic E-state index is 0.555. The number of hydrogen-bond acceptors (Lipinski definition) is 3. The summed E-state index contributed by atoms with van der Waals surface area (Å²) in [7, 11) is 0. The molecule has 1 aliphatic heterocycles. The summed E-state index contributed by atoms with van der Waals surface area (Å²) < 4.78 is 0. The predicted molar refractivity (Wildman–Crippen MR) is 91.0 cm³/mol. The van der Waals surface area contributed by atoms with E-state index in [1.165, 1.54) is 19.4 Å². The van der Waals surface area contributed by atoms with Crippen LogP contribution < -0.4 is 4.90 Å². The molecular weight excluding hydrogens is 270 g/mol. The van der Waals surface area contributed by atoms with Crippen molar-refractivity contribution < 1.29 is 0 Å². The lowest BCUT2D eigenvalue weighted by Crippen LogP contribution is -2.52. The van der Waals surface area contributed by atoms with E-state index >= 15 is 0 Å². The van der Waals surface area contributed by atoms with Crippen LogP contribution in [0.4, 0.5) is 5.82 Å². The van der Waals surface area contributed by atoms with Crippen molar-refractivity contribution in [2.45, 2.75) is 26.7 Å². The van der Waals surface area contributed by atoms with Crippen molar-refractivity contribution >= 4 is 5.82 Å². The van der Waals surface area contributed by atoms with Crippen molar-refractivity contribution in [3.8, 4) is 0 Å². The van der Waals surface area contributed by atoms with Gasteiger partial charge in [0.25, 0.3) is 0 Å². The molecule has 5 rings (SSSR count). The molecule has 2 atom stereocenters. The van der Waals surface area contributed by atoms with Crippen LogP contribution in [0.3, 0.4) is 0 Å². The molecule has 1 aromatic rings. The molecule has 22 heavy (non-hydrogen) atoms. The molecular formula is C19H27N3. The van der Waals surface area contributed by atoms with Crippen molar-refractivity contribution in [3.05, 3.63) is 36.0 Å². The molecule has 0 unspecified atom stereocenters. The Morgan fingerprint density at radius 2 is 2.00 bits per heavy atom. The number of rotatable bonds is 3. The van der Waals surface area contributed by atoms with Crippen molar-refractivity contribution in [1.82, 2.24) is 9.88 Å². The summed E-state index contributed by atoms with van der Waals surface area (Å²) in [4.78, 5) is 9.53. The first-order valence-electron chi connectivity index (χ1n) is 8.72. The van der Waals surface area contributed by atoms with E-state index in [-0.39, 0.29) is 0 Å². The Labute approximate surface area is 134 Å². The van der Waals surface area contributed by atoms with Crippen molar-refractivity contribution in [3.63, 3.8) is 0 Å². The molecule has 0 spiro atoms. The van der Waals surface area contributed by atoms with Crippen LogP contribution in [0.2, 0.25) is 0 Å². The summed E-state index contributed by atoms with van der Waals surface area (Å²) in [6.07, 6.45) is 7.19. The zero-order valence-electron chi connectivity index (χ0n) is 13.8. The largest absolute Gasteiger partial charge is 0.354 e. The molecule has 118 valence electrons. The SMILES string of the molecule is CC1(C)[C@H]2CC=C(CN3CCN(c4ccccn4)CC3)[C@@H]1C2. The van der Waals surface area contributed by atoms with Crippen LogP contribution in [0.5, 0.6) is 0 Å². The molecule has 1 saturated carbocycles. The maximum Gasteiger partial charge on any atom is 0.128 e. The zero-order valence-corrected chi connectivity index (χ0v) is 13.8. The van der Waals surface area contributed by atoms with Crippen LogP contribution in [-0.4, -0.2) is 42.6 Å². The van der Waals surface area contributed by atoms with Gasteiger partial charge in [-0.2, -0.15) is 0 Å². The normalized spacial score (nSPS) is 30.6. The quantitative estimate of drug-likeness (QED) is 0.799. The number of pyridine rings is 1. The highest BCUT2D eigenvalue weighted by atomic mass is 15.3. The molecule has 0 aromatic carbocycles. The number of fused-ring (bicyclic) bond motifs is 1. The molecule has 1 aromatic heterocycles. The molecule has 0 N–H and O–H groups in total. The van der Waals surface area contributed by atoms with Crippen LogP contribution in [0, 0.1) is 17.3 Å². The molecule has 2 fully saturated rings. The first-order chi connectivity index (χ1) is 10.6. The van der Waals surface area contributed by atoms with Gasteiger partial charge in [0.05, 0.1) is 0 Å². The molecule has 3 nitrogen and oxygen atoms in total. The van der Waals surface area contributed by atoms with Gasteiger partial charge in [0.15, 0.2) is 0 Å². The lowest BCUT2D eigenvalue weighted by molar-refractivity contribution is -0.0107. The second-order valence-electron chi connectivity index (χ2n) is 7.77. The van der Waals surface area contributed by atoms with Crippen molar-refractivity contribution in [1.29, 1.82) is 0 Å². The fourth-order valence-corrected chi connectivity index (χ4v) is 4.59. The summed E-state index contributed by atoms with van der Waals surface area (Å²) >= 11 is 0. The van der Waals surface area contributed by atoms with Crippen LogP contribution in [-0.2, 0) is 0 Å². The third kappa shape index (κ3) is 2.36. The minimum Gasteiger partial charge on any atom is -0.354 e. The van der Waals surface area contributed by atoms with Crippen LogP contribution in [0.25, 0.3) is 0 Å². The first kappa shape index (κ1) is 14.3. The van der Waals surface area contributed by atoms with E-state index in [9.17, 15) is 0 Å². The molecule has 1 saturated heterocycles. The van der Waals surface area contributed by atoms with Gasteiger partial charge in [-0.3, -0.25) is 4.90 Å². The average Bonchev–Trinajstić information content (AvgIpc) is 2.56. The number of aromatic nitrogens is 1. The van der Waals surface area contributed by atoms with Crippen LogP contribution in [0.15, 0.2) is 36.0 Å². The Morgan fingerprint density at radius 1 is 1.18 bits per heavy atom. The number of anilines is 1. The van der Waals surface area contributed by atoms with Crippen LogP contribution >= 0.6 is 0 Å². The van der Waals surface area contributed by atoms with Gasteiger partial charge in [-0.15, -0.1) is 0 Å². The molecule has 3 aliphatic carbocycles. The second kappa shape index (κ2) is 5.38. The fourth-order valence-electron chi connectivity index (χ4n) is 4.59. The number of piperazine rings is 1. The van der Waals surface area contributed by atoms with E-state index in [1.807, 2.05) is 12.3 Å². The highest BCUT2D eigenvalue weighted by Gasteiger charge is 2.51. The summed E-state index contributed by atoms with van der Waals surface area (Å²) in [5, 5.41) is 0. The standard InChI is InChI=1S/C19H27N3/c1-19(2)16-7-6-15(17(19)13-16)14-21-9-11-22(12-10-21)18-5-3-4-8-20-18/h3-6,8,16-17H,7,9-14H2,1-2H3/t16-,17-/m0/s1. The second-order valence-corrected chi connectivity index (χ2v) is 7.77. The Morgan fingerprint density at radius 3 is 2.64 bits per heavy atom. The monoisotopic (exact) mass is 297 g/mol. The fraction of sp³-hybridized carbons (Fsp3) is 0.632. The molecule has 0 radical (unpaired) electrons. The van der Waals surface area contributed by atoms with E-state index in [0.717, 1.165) is 43.8 Å². The maximum absolute atomic E-state index is 4.48. The van der Waals surface area contributed by atoms with Gasteiger partial charge in [0.1, 0.15) is 5.82 Å². The molecule has 0 amide bonds. The van der Waals surface area contributed by atoms with Gasteiger partial charge < -0.3 is 4.90 Å². The van der Waals surface area contributed by atoms with E-state index in [4.69, 9.17) is 0 Å². The topological polar surface area (TPSA) is 19.4 Å². The van der Waals surface area contributed by atoms with E-state index in [0.29, 0.717) is 5.41 Å². The highest BCUT2D eigenvalue weighted by Crippen LogP contribution is 2.59. The summed E-state index contributed by atoms with van der Waals surface area (Å²) in [6.45, 7) is 10.6. The van der Waals surface area contributed by atoms with E-state index in [2.05, 4.69) is 46.8 Å². The van der Waals surface area contributed by atoms with Crippen molar-refractivity contribution in [2.75, 3.05) is 37.6 Å².